The molecule has 0 aliphatic heterocycles. The van der Waals surface area contributed by atoms with Crippen LogP contribution < -0.4 is 5.32 Å². The van der Waals surface area contributed by atoms with Crippen LogP contribution in [0.3, 0.4) is 0 Å². The van der Waals surface area contributed by atoms with Gasteiger partial charge in [-0.3, -0.25) is 0 Å². The van der Waals surface area contributed by atoms with Crippen LogP contribution in [0.4, 0.5) is 0 Å². The quantitative estimate of drug-likeness (QED) is 0.913. The first-order valence-corrected chi connectivity index (χ1v) is 6.76. The highest BCUT2D eigenvalue weighted by atomic mass is 35.5. The number of rotatable bonds is 5. The Bertz CT molecular complexity index is 551. The van der Waals surface area contributed by atoms with Gasteiger partial charge in [0.1, 0.15) is 0 Å². The van der Waals surface area contributed by atoms with E-state index in [0.29, 0.717) is 29.3 Å². The molecule has 0 saturated heterocycles. The molecule has 0 radical (unpaired) electrons. The highest BCUT2D eigenvalue weighted by Crippen LogP contribution is 2.27. The first-order valence-electron chi connectivity index (χ1n) is 6.38. The van der Waals surface area contributed by atoms with Gasteiger partial charge in [-0.1, -0.05) is 31.5 Å². The van der Waals surface area contributed by atoms with E-state index in [1.807, 2.05) is 25.1 Å². The third-order valence-electron chi connectivity index (χ3n) is 2.71. The van der Waals surface area contributed by atoms with Gasteiger partial charge < -0.3 is 9.73 Å². The summed E-state index contributed by atoms with van der Waals surface area (Å²) in [4.78, 5) is 0. The molecule has 0 amide bonds. The second kappa shape index (κ2) is 6.17. The van der Waals surface area contributed by atoms with Crippen LogP contribution in [-0.2, 0) is 6.42 Å². The van der Waals surface area contributed by atoms with Crippen molar-refractivity contribution in [2.45, 2.75) is 33.2 Å². The smallest absolute Gasteiger partial charge is 0.249 e. The van der Waals surface area contributed by atoms with E-state index in [1.54, 1.807) is 0 Å². The van der Waals surface area contributed by atoms with E-state index in [-0.39, 0.29) is 0 Å². The number of nitrogens with zero attached hydrogens (tertiary/aromatic N) is 2. The molecule has 0 aliphatic carbocycles. The summed E-state index contributed by atoms with van der Waals surface area (Å²) in [6.07, 6.45) is 0.717. The maximum atomic E-state index is 6.18. The second-order valence-electron chi connectivity index (χ2n) is 4.84. The fourth-order valence-corrected chi connectivity index (χ4v) is 2.04. The van der Waals surface area contributed by atoms with Gasteiger partial charge >= 0.3 is 0 Å². The van der Waals surface area contributed by atoms with Crippen LogP contribution in [-0.4, -0.2) is 22.8 Å². The van der Waals surface area contributed by atoms with Crippen molar-refractivity contribution in [3.8, 4) is 11.5 Å². The molecule has 2 rings (SSSR count). The number of hydrogen-bond acceptors (Lipinski definition) is 4. The minimum atomic E-state index is 0.453. The summed E-state index contributed by atoms with van der Waals surface area (Å²) in [5.41, 5.74) is 1.89. The minimum absolute atomic E-state index is 0.453. The summed E-state index contributed by atoms with van der Waals surface area (Å²) in [6, 6.07) is 6.22. The first-order chi connectivity index (χ1) is 9.06. The molecule has 0 atom stereocenters. The molecule has 1 heterocycles. The zero-order valence-corrected chi connectivity index (χ0v) is 12.2. The minimum Gasteiger partial charge on any atom is -0.421 e. The number of hydrogen-bond donors (Lipinski definition) is 1. The molecule has 0 spiro atoms. The number of nitrogens with one attached hydrogen (secondary N) is 1. The van der Waals surface area contributed by atoms with Gasteiger partial charge in [0.05, 0.1) is 10.6 Å². The molecule has 1 aromatic carbocycles. The Kier molecular flexibility index (Phi) is 4.56. The Labute approximate surface area is 118 Å². The van der Waals surface area contributed by atoms with Crippen LogP contribution in [0.1, 0.15) is 25.3 Å². The largest absolute Gasteiger partial charge is 0.421 e. The molecule has 0 unspecified atom stereocenters. The topological polar surface area (TPSA) is 51.0 Å². The van der Waals surface area contributed by atoms with Crippen molar-refractivity contribution < 1.29 is 4.42 Å². The highest BCUT2D eigenvalue weighted by Gasteiger charge is 2.11. The fourth-order valence-electron chi connectivity index (χ4n) is 1.72. The van der Waals surface area contributed by atoms with E-state index < -0.39 is 0 Å². The summed E-state index contributed by atoms with van der Waals surface area (Å²) in [5.74, 6) is 1.10. The molecule has 0 aliphatic rings. The van der Waals surface area contributed by atoms with Gasteiger partial charge in [0, 0.05) is 19.0 Å². The Morgan fingerprint density at radius 1 is 1.32 bits per heavy atom. The lowest BCUT2D eigenvalue weighted by Crippen LogP contribution is -2.25. The van der Waals surface area contributed by atoms with Gasteiger partial charge in [-0.05, 0) is 24.6 Å². The number of aryl methyl sites for hydroxylation is 1. The van der Waals surface area contributed by atoms with Gasteiger partial charge in [0.25, 0.3) is 0 Å². The second-order valence-corrected chi connectivity index (χ2v) is 5.25. The van der Waals surface area contributed by atoms with Gasteiger partial charge in [-0.25, -0.2) is 0 Å². The zero-order valence-electron chi connectivity index (χ0n) is 11.4. The van der Waals surface area contributed by atoms with Crippen LogP contribution in [0.5, 0.6) is 0 Å². The van der Waals surface area contributed by atoms with E-state index in [2.05, 4.69) is 29.4 Å². The summed E-state index contributed by atoms with van der Waals surface area (Å²) < 4.78 is 5.63. The van der Waals surface area contributed by atoms with E-state index >= 15 is 0 Å². The predicted molar refractivity (Wildman–Crippen MR) is 76.3 cm³/mol. The third-order valence-corrected chi connectivity index (χ3v) is 3.03. The Morgan fingerprint density at radius 2 is 2.11 bits per heavy atom. The van der Waals surface area contributed by atoms with E-state index in [4.69, 9.17) is 16.0 Å². The molecule has 1 N–H and O–H groups in total. The first kappa shape index (κ1) is 14.0. The van der Waals surface area contributed by atoms with Crippen molar-refractivity contribution >= 4 is 11.6 Å². The van der Waals surface area contributed by atoms with E-state index in [9.17, 15) is 0 Å². The van der Waals surface area contributed by atoms with Gasteiger partial charge in [-0.2, -0.15) is 0 Å². The summed E-state index contributed by atoms with van der Waals surface area (Å²) in [7, 11) is 0. The van der Waals surface area contributed by atoms with Crippen molar-refractivity contribution in [3.05, 3.63) is 34.7 Å². The molecule has 102 valence electrons. The van der Waals surface area contributed by atoms with Crippen molar-refractivity contribution in [3.63, 3.8) is 0 Å². The number of aromatic nitrogens is 2. The Hall–Kier alpha value is -1.39. The Morgan fingerprint density at radius 3 is 2.79 bits per heavy atom. The van der Waals surface area contributed by atoms with Crippen LogP contribution in [0.15, 0.2) is 22.6 Å². The standard InChI is InChI=1S/C14H18ClN3O/c1-9(2)16-7-6-13-17-18-14(19-13)11-5-4-10(3)8-12(11)15/h4-5,8-9,16H,6-7H2,1-3H3. The summed E-state index contributed by atoms with van der Waals surface area (Å²) in [6.45, 7) is 7.02. The number of benzene rings is 1. The molecule has 19 heavy (non-hydrogen) atoms. The molecule has 0 bridgehead atoms. The predicted octanol–water partition coefficient (Wildman–Crippen LogP) is 3.24. The van der Waals surface area contributed by atoms with Crippen LogP contribution in [0, 0.1) is 6.92 Å². The summed E-state index contributed by atoms with van der Waals surface area (Å²) in [5, 5.41) is 12.0. The maximum absolute atomic E-state index is 6.18. The lowest BCUT2D eigenvalue weighted by molar-refractivity contribution is 0.484. The van der Waals surface area contributed by atoms with Crippen molar-refractivity contribution in [2.24, 2.45) is 0 Å². The molecule has 1 aromatic heterocycles. The van der Waals surface area contributed by atoms with Crippen LogP contribution in [0.25, 0.3) is 11.5 Å². The van der Waals surface area contributed by atoms with Crippen molar-refractivity contribution in [2.75, 3.05) is 6.54 Å². The molecular weight excluding hydrogens is 262 g/mol. The van der Waals surface area contributed by atoms with Crippen LogP contribution in [0.2, 0.25) is 5.02 Å². The monoisotopic (exact) mass is 279 g/mol. The van der Waals surface area contributed by atoms with Crippen molar-refractivity contribution in [1.29, 1.82) is 0 Å². The lowest BCUT2D eigenvalue weighted by Gasteiger charge is -2.04. The highest BCUT2D eigenvalue weighted by molar-refractivity contribution is 6.33. The zero-order chi connectivity index (χ0) is 13.8. The molecule has 4 nitrogen and oxygen atoms in total. The molecular formula is C14H18ClN3O. The average Bonchev–Trinajstić information content (AvgIpc) is 2.77. The molecule has 0 fully saturated rings. The fraction of sp³-hybridized carbons (Fsp3) is 0.429. The van der Waals surface area contributed by atoms with Gasteiger partial charge in [-0.15, -0.1) is 10.2 Å². The van der Waals surface area contributed by atoms with Crippen LogP contribution >= 0.6 is 11.6 Å². The van der Waals surface area contributed by atoms with Gasteiger partial charge in [0.2, 0.25) is 11.8 Å². The Balaban J connectivity index is 2.08. The SMILES string of the molecule is Cc1ccc(-c2nnc(CCNC(C)C)o2)c(Cl)c1. The summed E-state index contributed by atoms with van der Waals surface area (Å²) >= 11 is 6.18. The van der Waals surface area contributed by atoms with E-state index in [1.165, 1.54) is 0 Å². The van der Waals surface area contributed by atoms with Crippen molar-refractivity contribution in [1.82, 2.24) is 15.5 Å². The van der Waals surface area contributed by atoms with Gasteiger partial charge in [0.15, 0.2) is 0 Å². The third kappa shape index (κ3) is 3.78. The molecule has 5 heteroatoms. The normalized spacial score (nSPS) is 11.2. The number of halogens is 1. The average molecular weight is 280 g/mol. The van der Waals surface area contributed by atoms with E-state index in [0.717, 1.165) is 17.7 Å². The maximum Gasteiger partial charge on any atom is 0.249 e. The molecule has 0 saturated carbocycles. The lowest BCUT2D eigenvalue weighted by atomic mass is 10.1. The molecule has 2 aromatic rings.